The number of nitrogens with one attached hydrogen (secondary N) is 2. The monoisotopic (exact) mass is 527 g/mol. The Morgan fingerprint density at radius 1 is 1.00 bits per heavy atom. The van der Waals surface area contributed by atoms with Crippen LogP contribution in [0, 0.1) is 0 Å². The molecular formula is C22H34IN5S. The lowest BCUT2D eigenvalue weighted by Crippen LogP contribution is -2.46. The minimum absolute atomic E-state index is 0. The summed E-state index contributed by atoms with van der Waals surface area (Å²) in [4.78, 5) is 11.1. The molecule has 0 unspecified atom stereocenters. The lowest BCUT2D eigenvalue weighted by atomic mass is 10.2. The van der Waals surface area contributed by atoms with Crippen molar-refractivity contribution in [2.24, 2.45) is 4.99 Å². The van der Waals surface area contributed by atoms with E-state index in [1.807, 2.05) is 0 Å². The van der Waals surface area contributed by atoms with E-state index in [0.717, 1.165) is 51.8 Å². The van der Waals surface area contributed by atoms with E-state index in [1.54, 1.807) is 11.3 Å². The molecule has 0 spiro atoms. The summed E-state index contributed by atoms with van der Waals surface area (Å²) >= 11 is 1.76. The Kier molecular flexibility index (Phi) is 11.4. The number of aliphatic imine (C=N–C) groups is 1. The van der Waals surface area contributed by atoms with Crippen molar-refractivity contribution in [2.45, 2.75) is 26.3 Å². The molecule has 2 N–H and O–H groups in total. The topological polar surface area (TPSA) is 42.9 Å². The number of anilines is 1. The zero-order chi connectivity index (χ0) is 19.4. The Balaban J connectivity index is 0.00000300. The molecule has 1 fully saturated rings. The van der Waals surface area contributed by atoms with Crippen LogP contribution >= 0.6 is 35.3 Å². The molecule has 0 atom stereocenters. The molecule has 3 rings (SSSR count). The molecule has 1 saturated heterocycles. The maximum Gasteiger partial charge on any atom is 0.191 e. The molecule has 5 nitrogen and oxygen atoms in total. The van der Waals surface area contributed by atoms with Gasteiger partial charge in [-0.1, -0.05) is 24.3 Å². The molecule has 0 bridgehead atoms. The van der Waals surface area contributed by atoms with Gasteiger partial charge in [-0.25, -0.2) is 4.99 Å². The number of guanidine groups is 1. The standard InChI is InChI=1S/C22H33N5S.HI/c1-2-23-22(25-19-21-11-8-18-28-21)24-12-6-7-13-26-14-16-27(17-15-26)20-9-4-3-5-10-20;/h3-5,8-11,18H,2,6-7,12-17,19H2,1H3,(H2,23,24,25);1H. The van der Waals surface area contributed by atoms with E-state index in [-0.39, 0.29) is 24.0 Å². The van der Waals surface area contributed by atoms with Crippen LogP contribution in [0.15, 0.2) is 52.8 Å². The largest absolute Gasteiger partial charge is 0.369 e. The van der Waals surface area contributed by atoms with Gasteiger partial charge in [-0.3, -0.25) is 4.90 Å². The summed E-state index contributed by atoms with van der Waals surface area (Å²) in [7, 11) is 0. The van der Waals surface area contributed by atoms with Gasteiger partial charge < -0.3 is 15.5 Å². The third-order valence-corrected chi connectivity index (χ3v) is 5.87. The van der Waals surface area contributed by atoms with Crippen LogP contribution in [-0.4, -0.2) is 56.7 Å². The summed E-state index contributed by atoms with van der Waals surface area (Å²) in [6.07, 6.45) is 2.39. The van der Waals surface area contributed by atoms with Gasteiger partial charge in [-0.15, -0.1) is 35.3 Å². The zero-order valence-electron chi connectivity index (χ0n) is 17.3. The maximum absolute atomic E-state index is 4.67. The van der Waals surface area contributed by atoms with E-state index >= 15 is 0 Å². The van der Waals surface area contributed by atoms with E-state index in [9.17, 15) is 0 Å². The van der Waals surface area contributed by atoms with Gasteiger partial charge in [-0.05, 0) is 49.9 Å². The minimum Gasteiger partial charge on any atom is -0.369 e. The van der Waals surface area contributed by atoms with Crippen LogP contribution < -0.4 is 15.5 Å². The fourth-order valence-electron chi connectivity index (χ4n) is 3.44. The lowest BCUT2D eigenvalue weighted by molar-refractivity contribution is 0.253. The van der Waals surface area contributed by atoms with E-state index in [2.05, 4.69) is 80.2 Å². The van der Waals surface area contributed by atoms with E-state index in [4.69, 9.17) is 0 Å². The highest BCUT2D eigenvalue weighted by atomic mass is 127. The van der Waals surface area contributed by atoms with Crippen LogP contribution in [0.1, 0.15) is 24.6 Å². The molecule has 160 valence electrons. The summed E-state index contributed by atoms with van der Waals surface area (Å²) < 4.78 is 0. The Labute approximate surface area is 196 Å². The van der Waals surface area contributed by atoms with Gasteiger partial charge in [0.25, 0.3) is 0 Å². The first-order valence-corrected chi connectivity index (χ1v) is 11.3. The number of piperazine rings is 1. The van der Waals surface area contributed by atoms with Crippen molar-refractivity contribution in [1.29, 1.82) is 0 Å². The van der Waals surface area contributed by atoms with Gasteiger partial charge in [0.15, 0.2) is 5.96 Å². The molecule has 0 aliphatic carbocycles. The Bertz CT molecular complexity index is 684. The number of thiophene rings is 1. The number of benzene rings is 1. The highest BCUT2D eigenvalue weighted by molar-refractivity contribution is 14.0. The molecule has 0 amide bonds. The quantitative estimate of drug-likeness (QED) is 0.224. The highest BCUT2D eigenvalue weighted by Crippen LogP contribution is 2.15. The van der Waals surface area contributed by atoms with Crippen molar-refractivity contribution >= 4 is 47.0 Å². The molecule has 1 aromatic carbocycles. The lowest BCUT2D eigenvalue weighted by Gasteiger charge is -2.36. The van der Waals surface area contributed by atoms with Gasteiger partial charge in [-0.2, -0.15) is 0 Å². The fraction of sp³-hybridized carbons (Fsp3) is 0.500. The van der Waals surface area contributed by atoms with Crippen molar-refractivity contribution in [2.75, 3.05) is 50.7 Å². The first kappa shape index (κ1) is 24.0. The van der Waals surface area contributed by atoms with E-state index < -0.39 is 0 Å². The third-order valence-electron chi connectivity index (χ3n) is 5.00. The van der Waals surface area contributed by atoms with Crippen molar-refractivity contribution in [1.82, 2.24) is 15.5 Å². The molecular weight excluding hydrogens is 493 g/mol. The van der Waals surface area contributed by atoms with E-state index in [1.165, 1.54) is 30.0 Å². The first-order valence-electron chi connectivity index (χ1n) is 10.4. The van der Waals surface area contributed by atoms with Crippen molar-refractivity contribution in [3.8, 4) is 0 Å². The molecule has 7 heteroatoms. The molecule has 1 aromatic heterocycles. The molecule has 0 saturated carbocycles. The van der Waals surface area contributed by atoms with Gasteiger partial charge >= 0.3 is 0 Å². The van der Waals surface area contributed by atoms with Gasteiger partial charge in [0.2, 0.25) is 0 Å². The SMILES string of the molecule is CCNC(=NCc1cccs1)NCCCCN1CCN(c2ccccc2)CC1.I. The Morgan fingerprint density at radius 3 is 2.48 bits per heavy atom. The summed E-state index contributed by atoms with van der Waals surface area (Å²) in [5.74, 6) is 0.923. The van der Waals surface area contributed by atoms with Crippen LogP contribution in [-0.2, 0) is 6.54 Å². The number of unbranched alkanes of at least 4 members (excludes halogenated alkanes) is 1. The van der Waals surface area contributed by atoms with Crippen LogP contribution in [0.3, 0.4) is 0 Å². The number of nitrogens with zero attached hydrogens (tertiary/aromatic N) is 3. The van der Waals surface area contributed by atoms with Crippen molar-refractivity contribution in [3.63, 3.8) is 0 Å². The second-order valence-electron chi connectivity index (χ2n) is 7.07. The van der Waals surface area contributed by atoms with Crippen LogP contribution in [0.25, 0.3) is 0 Å². The number of halogens is 1. The smallest absolute Gasteiger partial charge is 0.191 e. The molecule has 1 aliphatic rings. The Morgan fingerprint density at radius 2 is 1.79 bits per heavy atom. The van der Waals surface area contributed by atoms with Crippen LogP contribution in [0.5, 0.6) is 0 Å². The highest BCUT2D eigenvalue weighted by Gasteiger charge is 2.16. The number of para-hydroxylation sites is 1. The summed E-state index contributed by atoms with van der Waals surface area (Å²) in [5.41, 5.74) is 1.35. The summed E-state index contributed by atoms with van der Waals surface area (Å²) in [5, 5.41) is 8.90. The third kappa shape index (κ3) is 8.52. The number of rotatable bonds is 9. The molecule has 0 radical (unpaired) electrons. The molecule has 29 heavy (non-hydrogen) atoms. The normalized spacial score (nSPS) is 15.1. The predicted molar refractivity (Wildman–Crippen MR) is 137 cm³/mol. The van der Waals surface area contributed by atoms with Gasteiger partial charge in [0, 0.05) is 49.8 Å². The average molecular weight is 528 g/mol. The second-order valence-corrected chi connectivity index (χ2v) is 8.10. The zero-order valence-corrected chi connectivity index (χ0v) is 20.5. The minimum atomic E-state index is 0. The van der Waals surface area contributed by atoms with Gasteiger partial charge in [0.1, 0.15) is 0 Å². The average Bonchev–Trinajstić information content (AvgIpc) is 3.26. The van der Waals surface area contributed by atoms with Crippen molar-refractivity contribution in [3.05, 3.63) is 52.7 Å². The van der Waals surface area contributed by atoms with Crippen LogP contribution in [0.4, 0.5) is 5.69 Å². The summed E-state index contributed by atoms with van der Waals surface area (Å²) in [6.45, 7) is 10.5. The molecule has 1 aliphatic heterocycles. The van der Waals surface area contributed by atoms with Gasteiger partial charge in [0.05, 0.1) is 6.54 Å². The predicted octanol–water partition coefficient (Wildman–Crippen LogP) is 4.02. The Hall–Kier alpha value is -1.32. The van der Waals surface area contributed by atoms with E-state index in [0.29, 0.717) is 0 Å². The number of hydrogen-bond donors (Lipinski definition) is 2. The first-order chi connectivity index (χ1) is 13.8. The number of hydrogen-bond acceptors (Lipinski definition) is 4. The molecule has 2 heterocycles. The maximum atomic E-state index is 4.67. The second kappa shape index (κ2) is 13.8. The fourth-order valence-corrected chi connectivity index (χ4v) is 4.07. The van der Waals surface area contributed by atoms with Crippen molar-refractivity contribution < 1.29 is 0 Å². The molecule has 2 aromatic rings. The van der Waals surface area contributed by atoms with Crippen LogP contribution in [0.2, 0.25) is 0 Å². The summed E-state index contributed by atoms with van der Waals surface area (Å²) in [6, 6.07) is 15.0.